The lowest BCUT2D eigenvalue weighted by Crippen LogP contribution is -2.06. The molecule has 4 aromatic rings. The molecule has 0 fully saturated rings. The van der Waals surface area contributed by atoms with Crippen LogP contribution in [0.5, 0.6) is 5.75 Å². The Balaban J connectivity index is 1.72. The molecule has 0 aliphatic carbocycles. The lowest BCUT2D eigenvalue weighted by Gasteiger charge is -2.11. The Morgan fingerprint density at radius 3 is 2.69 bits per heavy atom. The fraction of sp³-hybridized carbons (Fsp3) is 0.250. The number of rotatable bonds is 6. The van der Waals surface area contributed by atoms with E-state index in [1.54, 1.807) is 12.1 Å². The van der Waals surface area contributed by atoms with E-state index in [9.17, 15) is 13.2 Å². The third-order valence-corrected chi connectivity index (χ3v) is 5.49. The number of imidazole rings is 1. The number of aliphatic hydroxyl groups excluding tert-OH is 1. The molecule has 0 saturated carbocycles. The van der Waals surface area contributed by atoms with Crippen LogP contribution in [0, 0.1) is 0 Å². The second-order valence-electron chi connectivity index (χ2n) is 6.72. The molecule has 0 aliphatic heterocycles. The molecule has 1 aromatic carbocycles. The summed E-state index contributed by atoms with van der Waals surface area (Å²) in [5, 5.41) is 13.2. The molecular weight excluding hydrogens is 517 g/mol. The topological polar surface area (TPSA) is 85.7 Å². The average molecular weight is 532 g/mol. The van der Waals surface area contributed by atoms with E-state index in [4.69, 9.17) is 26.0 Å². The minimum Gasteiger partial charge on any atom is -0.490 e. The SMILES string of the molecule is CCc1cc(OCCO)c(Cl)cc1-c1noc(-c2cn3cc(C(F)(F)F)cc(Br)c3n2)n1. The molecule has 0 aliphatic rings. The van der Waals surface area contributed by atoms with Gasteiger partial charge < -0.3 is 18.8 Å². The number of pyridine rings is 1. The van der Waals surface area contributed by atoms with E-state index in [2.05, 4.69) is 31.1 Å². The highest BCUT2D eigenvalue weighted by Gasteiger charge is 2.32. The maximum atomic E-state index is 13.1. The van der Waals surface area contributed by atoms with E-state index in [1.165, 1.54) is 10.6 Å². The molecule has 0 bridgehead atoms. The van der Waals surface area contributed by atoms with Crippen LogP contribution in [-0.2, 0) is 12.6 Å². The number of ether oxygens (including phenoxy) is 1. The van der Waals surface area contributed by atoms with Crippen LogP contribution in [0.2, 0.25) is 5.02 Å². The average Bonchev–Trinajstić information content (AvgIpc) is 3.39. The van der Waals surface area contributed by atoms with Gasteiger partial charge in [0.05, 0.1) is 21.7 Å². The second kappa shape index (κ2) is 8.72. The number of aromatic nitrogens is 4. The van der Waals surface area contributed by atoms with Crippen molar-refractivity contribution in [1.82, 2.24) is 19.5 Å². The van der Waals surface area contributed by atoms with Crippen molar-refractivity contribution < 1.29 is 27.5 Å². The number of benzene rings is 1. The zero-order valence-corrected chi connectivity index (χ0v) is 18.8. The van der Waals surface area contributed by atoms with Crippen molar-refractivity contribution in [1.29, 1.82) is 0 Å². The van der Waals surface area contributed by atoms with Gasteiger partial charge >= 0.3 is 6.18 Å². The van der Waals surface area contributed by atoms with Gasteiger partial charge in [0.1, 0.15) is 18.1 Å². The summed E-state index contributed by atoms with van der Waals surface area (Å²) in [5.41, 5.74) is 1.12. The molecule has 168 valence electrons. The van der Waals surface area contributed by atoms with Gasteiger partial charge in [0.25, 0.3) is 5.89 Å². The Morgan fingerprint density at radius 1 is 1.22 bits per heavy atom. The van der Waals surface area contributed by atoms with Crippen LogP contribution in [0.15, 0.2) is 39.6 Å². The van der Waals surface area contributed by atoms with Gasteiger partial charge in [-0.15, -0.1) is 0 Å². The first-order chi connectivity index (χ1) is 15.2. The van der Waals surface area contributed by atoms with Crippen molar-refractivity contribution in [2.24, 2.45) is 0 Å². The summed E-state index contributed by atoms with van der Waals surface area (Å²) < 4.78 is 51.4. The van der Waals surface area contributed by atoms with Crippen molar-refractivity contribution in [3.05, 3.63) is 51.2 Å². The van der Waals surface area contributed by atoms with Crippen molar-refractivity contribution in [3.63, 3.8) is 0 Å². The molecule has 1 N–H and O–H groups in total. The van der Waals surface area contributed by atoms with Crippen LogP contribution in [-0.4, -0.2) is 37.8 Å². The highest BCUT2D eigenvalue weighted by Crippen LogP contribution is 2.35. The Hall–Kier alpha value is -2.63. The normalized spacial score (nSPS) is 12.0. The molecule has 0 unspecified atom stereocenters. The summed E-state index contributed by atoms with van der Waals surface area (Å²) in [6.07, 6.45) is -1.56. The predicted octanol–water partition coefficient (Wildman–Crippen LogP) is 5.42. The molecule has 4 rings (SSSR count). The summed E-state index contributed by atoms with van der Waals surface area (Å²) in [4.78, 5) is 8.66. The van der Waals surface area contributed by atoms with Gasteiger partial charge in [-0.05, 0) is 46.1 Å². The fourth-order valence-corrected chi connectivity index (χ4v) is 3.87. The van der Waals surface area contributed by atoms with Crippen molar-refractivity contribution in [3.8, 4) is 28.7 Å². The standard InChI is InChI=1S/C20H15BrClF3N4O3/c1-2-10-5-16(31-4-3-30)14(22)7-12(10)17-27-19(32-28-17)15-9-29-8-11(20(23,24)25)6-13(21)18(29)26-15/h5-9,30H,2-4H2,1H3. The molecule has 0 saturated heterocycles. The molecule has 0 spiro atoms. The first-order valence-electron chi connectivity index (χ1n) is 9.37. The molecule has 7 nitrogen and oxygen atoms in total. The van der Waals surface area contributed by atoms with Gasteiger partial charge in [-0.1, -0.05) is 23.7 Å². The van der Waals surface area contributed by atoms with Crippen LogP contribution in [0.1, 0.15) is 18.1 Å². The molecule has 0 atom stereocenters. The molecule has 12 heteroatoms. The number of alkyl halides is 3. The number of hydrogen-bond acceptors (Lipinski definition) is 6. The van der Waals surface area contributed by atoms with E-state index < -0.39 is 11.7 Å². The van der Waals surface area contributed by atoms with Crippen molar-refractivity contribution >= 4 is 33.2 Å². The van der Waals surface area contributed by atoms with Gasteiger partial charge in [-0.3, -0.25) is 0 Å². The van der Waals surface area contributed by atoms with Crippen LogP contribution in [0.25, 0.3) is 28.6 Å². The minimum absolute atomic E-state index is 0.0444. The zero-order valence-electron chi connectivity index (χ0n) is 16.5. The van der Waals surface area contributed by atoms with E-state index in [0.717, 1.165) is 17.8 Å². The van der Waals surface area contributed by atoms with Crippen molar-refractivity contribution in [2.45, 2.75) is 19.5 Å². The fourth-order valence-electron chi connectivity index (χ4n) is 3.11. The maximum absolute atomic E-state index is 13.1. The van der Waals surface area contributed by atoms with Gasteiger partial charge in [0.15, 0.2) is 5.65 Å². The summed E-state index contributed by atoms with van der Waals surface area (Å²) >= 11 is 9.41. The van der Waals surface area contributed by atoms with E-state index in [0.29, 0.717) is 22.8 Å². The van der Waals surface area contributed by atoms with Crippen LogP contribution >= 0.6 is 27.5 Å². The zero-order chi connectivity index (χ0) is 23.0. The van der Waals surface area contributed by atoms with E-state index >= 15 is 0 Å². The van der Waals surface area contributed by atoms with Gasteiger partial charge in [-0.2, -0.15) is 18.2 Å². The van der Waals surface area contributed by atoms with E-state index in [1.807, 2.05) is 6.92 Å². The van der Waals surface area contributed by atoms with E-state index in [-0.39, 0.29) is 40.7 Å². The van der Waals surface area contributed by atoms with Gasteiger partial charge in [-0.25, -0.2) is 4.98 Å². The van der Waals surface area contributed by atoms with Crippen LogP contribution in [0.4, 0.5) is 13.2 Å². The number of halogens is 5. The van der Waals surface area contributed by atoms with Gasteiger partial charge in [0.2, 0.25) is 5.82 Å². The molecular formula is C20H15BrClF3N4O3. The van der Waals surface area contributed by atoms with Crippen LogP contribution < -0.4 is 4.74 Å². The Morgan fingerprint density at radius 2 is 2.00 bits per heavy atom. The monoisotopic (exact) mass is 530 g/mol. The Bertz CT molecular complexity index is 1290. The van der Waals surface area contributed by atoms with Crippen molar-refractivity contribution in [2.75, 3.05) is 13.2 Å². The van der Waals surface area contributed by atoms with Crippen LogP contribution in [0.3, 0.4) is 0 Å². The lowest BCUT2D eigenvalue weighted by atomic mass is 10.0. The highest BCUT2D eigenvalue weighted by molar-refractivity contribution is 9.10. The summed E-state index contributed by atoms with van der Waals surface area (Å²) in [5.74, 6) is 0.721. The smallest absolute Gasteiger partial charge is 0.417 e. The first-order valence-corrected chi connectivity index (χ1v) is 10.5. The minimum atomic E-state index is -4.50. The number of aliphatic hydroxyl groups is 1. The number of nitrogens with zero attached hydrogens (tertiary/aromatic N) is 4. The molecule has 0 radical (unpaired) electrons. The number of aryl methyl sites for hydroxylation is 1. The summed E-state index contributed by atoms with van der Waals surface area (Å²) in [6.45, 7) is 1.89. The third-order valence-electron chi connectivity index (χ3n) is 4.61. The van der Waals surface area contributed by atoms with Gasteiger partial charge in [0, 0.05) is 18.0 Å². The largest absolute Gasteiger partial charge is 0.490 e. The number of hydrogen-bond donors (Lipinski definition) is 1. The molecule has 3 aromatic heterocycles. The maximum Gasteiger partial charge on any atom is 0.417 e. The molecule has 32 heavy (non-hydrogen) atoms. The quantitative estimate of drug-likeness (QED) is 0.358. The third kappa shape index (κ3) is 4.32. The summed E-state index contributed by atoms with van der Waals surface area (Å²) in [6, 6.07) is 4.34. The first kappa shape index (κ1) is 22.6. The molecule has 3 heterocycles. The number of fused-ring (bicyclic) bond motifs is 1. The highest BCUT2D eigenvalue weighted by atomic mass is 79.9. The predicted molar refractivity (Wildman–Crippen MR) is 114 cm³/mol. The second-order valence-corrected chi connectivity index (χ2v) is 7.98. The summed E-state index contributed by atoms with van der Waals surface area (Å²) in [7, 11) is 0. The Labute approximate surface area is 192 Å². The molecule has 0 amide bonds. The lowest BCUT2D eigenvalue weighted by molar-refractivity contribution is -0.137. The Kier molecular flexibility index (Phi) is 6.15.